The summed E-state index contributed by atoms with van der Waals surface area (Å²) < 4.78 is 32.7. The fourth-order valence-corrected chi connectivity index (χ4v) is 5.56. The first kappa shape index (κ1) is 26.5. The van der Waals surface area contributed by atoms with Crippen molar-refractivity contribution >= 4 is 21.7 Å². The summed E-state index contributed by atoms with van der Waals surface area (Å²) in [6.07, 6.45) is 7.57. The molecule has 0 saturated carbocycles. The minimum absolute atomic E-state index is 0.0206. The number of unbranched alkanes of at least 4 members (excludes halogenated alkanes) is 3. The van der Waals surface area contributed by atoms with Gasteiger partial charge in [-0.1, -0.05) is 12.8 Å². The highest BCUT2D eigenvalue weighted by atomic mass is 32.2. The van der Waals surface area contributed by atoms with Crippen LogP contribution in [0.3, 0.4) is 0 Å². The van der Waals surface area contributed by atoms with E-state index in [1.165, 1.54) is 0 Å². The van der Waals surface area contributed by atoms with Gasteiger partial charge in [0, 0.05) is 50.3 Å². The van der Waals surface area contributed by atoms with Gasteiger partial charge in [-0.25, -0.2) is 8.42 Å². The van der Waals surface area contributed by atoms with Crippen LogP contribution in [-0.4, -0.2) is 86.3 Å². The van der Waals surface area contributed by atoms with Crippen molar-refractivity contribution in [3.8, 4) is 0 Å². The monoisotopic (exact) mass is 468 g/mol. The van der Waals surface area contributed by atoms with Gasteiger partial charge in [0.05, 0.1) is 19.0 Å². The first-order chi connectivity index (χ1) is 15.4. The minimum atomic E-state index is -3.24. The predicted molar refractivity (Wildman–Crippen MR) is 130 cm³/mol. The standard InChI is InChI=1S/C22H40N6O3S/c1-20(2)28(14-7-13-27-15-17-31-18-16-27)32(29,30)19-6-4-3-5-10-25-22(23)26-21-8-11-24-12-9-21/h8-9,11-12,20H,3-7,10,13-19H2,1-2H3,(H3,23,24,25,26). The quantitative estimate of drug-likeness (QED) is 0.218. The molecule has 32 heavy (non-hydrogen) atoms. The molecule has 2 rings (SSSR count). The molecule has 0 aliphatic carbocycles. The number of pyridine rings is 1. The van der Waals surface area contributed by atoms with Gasteiger partial charge in [-0.3, -0.25) is 15.3 Å². The first-order valence-electron chi connectivity index (χ1n) is 11.7. The Bertz CT molecular complexity index is 754. The van der Waals surface area contributed by atoms with E-state index in [4.69, 9.17) is 10.1 Å². The van der Waals surface area contributed by atoms with Crippen molar-refractivity contribution in [3.63, 3.8) is 0 Å². The molecule has 9 nitrogen and oxygen atoms in total. The lowest BCUT2D eigenvalue weighted by Gasteiger charge is -2.29. The summed E-state index contributed by atoms with van der Waals surface area (Å²) in [6, 6.07) is 3.59. The van der Waals surface area contributed by atoms with Crippen molar-refractivity contribution in [2.24, 2.45) is 0 Å². The molecular formula is C22H40N6O3S. The Morgan fingerprint density at radius 1 is 1.16 bits per heavy atom. The summed E-state index contributed by atoms with van der Waals surface area (Å²) in [7, 11) is -3.24. The van der Waals surface area contributed by atoms with Crippen LogP contribution in [0.4, 0.5) is 5.69 Å². The lowest BCUT2D eigenvalue weighted by molar-refractivity contribution is 0.0367. The lowest BCUT2D eigenvalue weighted by atomic mass is 10.2. The molecule has 3 N–H and O–H groups in total. The summed E-state index contributed by atoms with van der Waals surface area (Å²) in [5.74, 6) is 0.457. The first-order valence-corrected chi connectivity index (χ1v) is 13.3. The van der Waals surface area contributed by atoms with E-state index < -0.39 is 10.0 Å². The SMILES string of the molecule is CC(C)N(CCCN1CCOCC1)S(=O)(=O)CCCCCCNC(=N)Nc1ccncc1. The van der Waals surface area contributed by atoms with E-state index in [0.29, 0.717) is 19.5 Å². The van der Waals surface area contributed by atoms with Crippen molar-refractivity contribution in [3.05, 3.63) is 24.5 Å². The number of morpholine rings is 1. The zero-order valence-electron chi connectivity index (χ0n) is 19.6. The van der Waals surface area contributed by atoms with Crippen LogP contribution in [0.2, 0.25) is 0 Å². The molecule has 0 spiro atoms. The molecule has 0 bridgehead atoms. The molecular weight excluding hydrogens is 428 g/mol. The van der Waals surface area contributed by atoms with E-state index in [-0.39, 0.29) is 17.8 Å². The topological polar surface area (TPSA) is 111 Å². The van der Waals surface area contributed by atoms with Crippen molar-refractivity contribution in [2.75, 3.05) is 57.0 Å². The maximum absolute atomic E-state index is 12.8. The number of sulfonamides is 1. The number of ether oxygens (including phenoxy) is 1. The maximum atomic E-state index is 12.8. The fraction of sp³-hybridized carbons (Fsp3) is 0.727. The molecule has 1 fully saturated rings. The molecule has 10 heteroatoms. The third kappa shape index (κ3) is 10.2. The Kier molecular flexibility index (Phi) is 11.9. The van der Waals surface area contributed by atoms with Gasteiger partial charge in [-0.2, -0.15) is 4.31 Å². The van der Waals surface area contributed by atoms with Crippen molar-refractivity contribution in [2.45, 2.75) is 52.0 Å². The van der Waals surface area contributed by atoms with Gasteiger partial charge in [0.1, 0.15) is 0 Å². The molecule has 0 atom stereocenters. The van der Waals surface area contributed by atoms with E-state index in [1.807, 2.05) is 13.8 Å². The predicted octanol–water partition coefficient (Wildman–Crippen LogP) is 2.34. The highest BCUT2D eigenvalue weighted by molar-refractivity contribution is 7.89. The molecule has 1 aliphatic rings. The second-order valence-corrected chi connectivity index (χ2v) is 10.4. The number of nitrogens with one attached hydrogen (secondary N) is 3. The summed E-state index contributed by atoms with van der Waals surface area (Å²) >= 11 is 0. The Balaban J connectivity index is 1.58. The zero-order valence-corrected chi connectivity index (χ0v) is 20.4. The summed E-state index contributed by atoms with van der Waals surface area (Å²) in [4.78, 5) is 6.29. The number of hydrogen-bond acceptors (Lipinski definition) is 6. The van der Waals surface area contributed by atoms with E-state index in [2.05, 4.69) is 20.5 Å². The van der Waals surface area contributed by atoms with E-state index in [9.17, 15) is 8.42 Å². The van der Waals surface area contributed by atoms with Crippen LogP contribution < -0.4 is 10.6 Å². The highest BCUT2D eigenvalue weighted by Crippen LogP contribution is 2.13. The molecule has 0 radical (unpaired) electrons. The van der Waals surface area contributed by atoms with Gasteiger partial charge in [0.15, 0.2) is 5.96 Å². The van der Waals surface area contributed by atoms with Crippen molar-refractivity contribution in [1.29, 1.82) is 5.41 Å². The summed E-state index contributed by atoms with van der Waals surface area (Å²) in [5.41, 5.74) is 0.822. The van der Waals surface area contributed by atoms with Gasteiger partial charge in [-0.15, -0.1) is 0 Å². The Hall–Kier alpha value is -1.75. The van der Waals surface area contributed by atoms with Crippen LogP contribution in [0.15, 0.2) is 24.5 Å². The minimum Gasteiger partial charge on any atom is -0.379 e. The number of rotatable bonds is 14. The third-order valence-electron chi connectivity index (χ3n) is 5.47. The molecule has 0 unspecified atom stereocenters. The number of nitrogens with zero attached hydrogens (tertiary/aromatic N) is 3. The molecule has 2 heterocycles. The average Bonchev–Trinajstić information content (AvgIpc) is 2.77. The third-order valence-corrected chi connectivity index (χ3v) is 7.59. The Labute approximate surface area is 193 Å². The fourth-order valence-electron chi connectivity index (χ4n) is 3.71. The second kappa shape index (κ2) is 14.4. The summed E-state index contributed by atoms with van der Waals surface area (Å²) in [5, 5.41) is 13.9. The van der Waals surface area contributed by atoms with Gasteiger partial charge < -0.3 is 15.4 Å². The molecule has 182 valence electrons. The highest BCUT2D eigenvalue weighted by Gasteiger charge is 2.24. The number of hydrogen-bond donors (Lipinski definition) is 3. The molecule has 1 saturated heterocycles. The van der Waals surface area contributed by atoms with Crippen LogP contribution in [0.1, 0.15) is 46.0 Å². The van der Waals surface area contributed by atoms with Crippen LogP contribution in [0.5, 0.6) is 0 Å². The normalized spacial score (nSPS) is 15.2. The lowest BCUT2D eigenvalue weighted by Crippen LogP contribution is -2.42. The smallest absolute Gasteiger partial charge is 0.214 e. The van der Waals surface area contributed by atoms with Crippen LogP contribution in [-0.2, 0) is 14.8 Å². The molecule has 0 aromatic carbocycles. The van der Waals surface area contributed by atoms with Crippen LogP contribution >= 0.6 is 0 Å². The largest absolute Gasteiger partial charge is 0.379 e. The maximum Gasteiger partial charge on any atom is 0.214 e. The number of guanidine groups is 1. The average molecular weight is 469 g/mol. The van der Waals surface area contributed by atoms with Gasteiger partial charge >= 0.3 is 0 Å². The van der Waals surface area contributed by atoms with E-state index >= 15 is 0 Å². The van der Waals surface area contributed by atoms with Crippen molar-refractivity contribution in [1.82, 2.24) is 19.5 Å². The number of aromatic nitrogens is 1. The molecule has 0 amide bonds. The van der Waals surface area contributed by atoms with E-state index in [0.717, 1.165) is 64.2 Å². The molecule has 1 aromatic heterocycles. The molecule has 1 aliphatic heterocycles. The summed E-state index contributed by atoms with van der Waals surface area (Å²) in [6.45, 7) is 9.48. The van der Waals surface area contributed by atoms with Gasteiger partial charge in [-0.05, 0) is 51.8 Å². The zero-order chi connectivity index (χ0) is 23.2. The van der Waals surface area contributed by atoms with Gasteiger partial charge in [0.2, 0.25) is 10.0 Å². The van der Waals surface area contributed by atoms with Crippen LogP contribution in [0.25, 0.3) is 0 Å². The van der Waals surface area contributed by atoms with Crippen LogP contribution in [0, 0.1) is 5.41 Å². The van der Waals surface area contributed by atoms with Crippen molar-refractivity contribution < 1.29 is 13.2 Å². The Morgan fingerprint density at radius 3 is 2.53 bits per heavy atom. The Morgan fingerprint density at radius 2 is 1.84 bits per heavy atom. The molecule has 1 aromatic rings. The second-order valence-electron chi connectivity index (χ2n) is 8.40. The number of anilines is 1. The van der Waals surface area contributed by atoms with Gasteiger partial charge in [0.25, 0.3) is 0 Å². The van der Waals surface area contributed by atoms with E-state index in [1.54, 1.807) is 28.8 Å².